The Hall–Kier alpha value is -2.37. The monoisotopic (exact) mass is 349 g/mol. The predicted octanol–water partition coefficient (Wildman–Crippen LogP) is 5.04. The summed E-state index contributed by atoms with van der Waals surface area (Å²) in [4.78, 5) is 7.92. The fourth-order valence-corrected chi connectivity index (χ4v) is 2.39. The van der Waals surface area contributed by atoms with Gasteiger partial charge >= 0.3 is 0 Å². The Labute approximate surface area is 141 Å². The summed E-state index contributed by atoms with van der Waals surface area (Å²) in [6.45, 7) is 0. The van der Waals surface area contributed by atoms with E-state index in [2.05, 4.69) is 15.3 Å². The van der Waals surface area contributed by atoms with Crippen LogP contribution in [-0.2, 0) is 0 Å². The van der Waals surface area contributed by atoms with Crippen molar-refractivity contribution in [1.82, 2.24) is 9.97 Å². The van der Waals surface area contributed by atoms with Crippen molar-refractivity contribution in [2.45, 2.75) is 0 Å². The van der Waals surface area contributed by atoms with Gasteiger partial charge in [-0.25, -0.2) is 9.37 Å². The van der Waals surface area contributed by atoms with Crippen molar-refractivity contribution in [2.24, 2.45) is 0 Å². The zero-order valence-electron chi connectivity index (χ0n) is 11.6. The third-order valence-electron chi connectivity index (χ3n) is 3.11. The van der Waals surface area contributed by atoms with Crippen molar-refractivity contribution in [3.63, 3.8) is 0 Å². The van der Waals surface area contributed by atoms with Crippen LogP contribution in [0, 0.1) is 5.82 Å². The number of pyridine rings is 2. The Kier molecular flexibility index (Phi) is 4.32. The zero-order valence-corrected chi connectivity index (χ0v) is 13.1. The molecular formula is C16H10Cl2FN3O. The van der Waals surface area contributed by atoms with Crippen molar-refractivity contribution >= 4 is 34.6 Å². The minimum atomic E-state index is -0.487. The summed E-state index contributed by atoms with van der Waals surface area (Å²) in [5, 5.41) is 13.3. The highest BCUT2D eigenvalue weighted by Gasteiger charge is 2.14. The zero-order chi connectivity index (χ0) is 16.4. The van der Waals surface area contributed by atoms with Crippen LogP contribution in [0.2, 0.25) is 10.2 Å². The molecule has 1 aromatic carbocycles. The maximum atomic E-state index is 14.0. The van der Waals surface area contributed by atoms with E-state index in [9.17, 15) is 9.50 Å². The van der Waals surface area contributed by atoms with Crippen LogP contribution in [-0.4, -0.2) is 15.1 Å². The van der Waals surface area contributed by atoms with Crippen LogP contribution >= 0.6 is 23.2 Å². The summed E-state index contributed by atoms with van der Waals surface area (Å²) < 4.78 is 14.0. The number of halogens is 3. The van der Waals surface area contributed by atoms with E-state index in [-0.39, 0.29) is 22.2 Å². The van der Waals surface area contributed by atoms with Crippen LogP contribution in [0.3, 0.4) is 0 Å². The van der Waals surface area contributed by atoms with Gasteiger partial charge in [-0.1, -0.05) is 23.2 Å². The topological polar surface area (TPSA) is 58.0 Å². The molecule has 0 unspecified atom stereocenters. The highest BCUT2D eigenvalue weighted by Crippen LogP contribution is 2.37. The van der Waals surface area contributed by atoms with E-state index in [0.717, 1.165) is 0 Å². The van der Waals surface area contributed by atoms with Gasteiger partial charge in [0.1, 0.15) is 5.82 Å². The molecule has 2 N–H and O–H groups in total. The van der Waals surface area contributed by atoms with Gasteiger partial charge < -0.3 is 10.4 Å². The number of nitrogens with zero attached hydrogens (tertiary/aromatic N) is 2. The summed E-state index contributed by atoms with van der Waals surface area (Å²) in [5.74, 6) is -0.715. The second-order valence-corrected chi connectivity index (χ2v) is 5.47. The maximum absolute atomic E-state index is 14.0. The first kappa shape index (κ1) is 15.5. The molecule has 116 valence electrons. The van der Waals surface area contributed by atoms with Crippen LogP contribution in [0.4, 0.5) is 15.8 Å². The van der Waals surface area contributed by atoms with Crippen LogP contribution < -0.4 is 5.32 Å². The summed E-state index contributed by atoms with van der Waals surface area (Å²) >= 11 is 11.9. The average Bonchev–Trinajstić information content (AvgIpc) is 2.55. The van der Waals surface area contributed by atoms with Gasteiger partial charge in [0.15, 0.2) is 10.9 Å². The SMILES string of the molecule is Oc1c(Nc2ccncc2)cc(-c2cc(Cl)ccc2F)nc1Cl. The number of rotatable bonds is 3. The lowest BCUT2D eigenvalue weighted by Gasteiger charge is -2.12. The molecule has 0 aliphatic heterocycles. The molecule has 23 heavy (non-hydrogen) atoms. The van der Waals surface area contributed by atoms with Crippen LogP contribution in [0.15, 0.2) is 48.8 Å². The smallest absolute Gasteiger partial charge is 0.177 e. The molecule has 0 saturated carbocycles. The second-order valence-electron chi connectivity index (χ2n) is 4.68. The van der Waals surface area contributed by atoms with Crippen LogP contribution in [0.25, 0.3) is 11.3 Å². The van der Waals surface area contributed by atoms with Crippen molar-refractivity contribution in [1.29, 1.82) is 0 Å². The molecule has 3 aromatic rings. The van der Waals surface area contributed by atoms with E-state index in [1.165, 1.54) is 24.3 Å². The Morgan fingerprint density at radius 2 is 1.78 bits per heavy atom. The molecule has 0 fully saturated rings. The molecule has 2 heterocycles. The lowest BCUT2D eigenvalue weighted by Crippen LogP contribution is -1.96. The number of benzene rings is 1. The molecule has 0 amide bonds. The van der Waals surface area contributed by atoms with Gasteiger partial charge in [-0.05, 0) is 36.4 Å². The van der Waals surface area contributed by atoms with Gasteiger partial charge in [0.2, 0.25) is 0 Å². The van der Waals surface area contributed by atoms with Crippen LogP contribution in [0.1, 0.15) is 0 Å². The lowest BCUT2D eigenvalue weighted by atomic mass is 10.1. The third-order valence-corrected chi connectivity index (χ3v) is 3.61. The average molecular weight is 350 g/mol. The fourth-order valence-electron chi connectivity index (χ4n) is 2.02. The van der Waals surface area contributed by atoms with Gasteiger partial charge in [0.05, 0.1) is 11.4 Å². The van der Waals surface area contributed by atoms with E-state index in [1.54, 1.807) is 24.5 Å². The van der Waals surface area contributed by atoms with E-state index < -0.39 is 5.82 Å². The molecule has 2 aromatic heterocycles. The van der Waals surface area contributed by atoms with Gasteiger partial charge in [-0.3, -0.25) is 4.98 Å². The molecule has 0 aliphatic carbocycles. The van der Waals surface area contributed by atoms with E-state index in [1.807, 2.05) is 0 Å². The van der Waals surface area contributed by atoms with Gasteiger partial charge in [-0.2, -0.15) is 0 Å². The van der Waals surface area contributed by atoms with Crippen molar-refractivity contribution < 1.29 is 9.50 Å². The molecular weight excluding hydrogens is 340 g/mol. The molecule has 0 saturated heterocycles. The first-order chi connectivity index (χ1) is 11.0. The van der Waals surface area contributed by atoms with Crippen molar-refractivity contribution in [2.75, 3.05) is 5.32 Å². The number of aromatic nitrogens is 2. The Balaban J connectivity index is 2.08. The standard InChI is InChI=1S/C16H10Cl2FN3O/c17-9-1-2-12(19)11(7-9)13-8-14(15(23)16(18)22-13)21-10-3-5-20-6-4-10/h1-8,23H,(H,20,21,22). The van der Waals surface area contributed by atoms with Gasteiger partial charge in [-0.15, -0.1) is 0 Å². The Morgan fingerprint density at radius 1 is 1.04 bits per heavy atom. The Morgan fingerprint density at radius 3 is 2.52 bits per heavy atom. The first-order valence-electron chi connectivity index (χ1n) is 6.56. The number of anilines is 2. The maximum Gasteiger partial charge on any atom is 0.177 e. The number of hydrogen-bond donors (Lipinski definition) is 2. The quantitative estimate of drug-likeness (QED) is 0.650. The molecule has 0 aliphatic rings. The molecule has 0 spiro atoms. The molecule has 0 bridgehead atoms. The normalized spacial score (nSPS) is 10.6. The molecule has 3 rings (SSSR count). The third kappa shape index (κ3) is 3.36. The number of aromatic hydroxyl groups is 1. The first-order valence-corrected chi connectivity index (χ1v) is 7.32. The second kappa shape index (κ2) is 6.40. The minimum Gasteiger partial charge on any atom is -0.503 e. The van der Waals surface area contributed by atoms with E-state index in [0.29, 0.717) is 16.4 Å². The van der Waals surface area contributed by atoms with Crippen molar-refractivity contribution in [3.8, 4) is 17.0 Å². The lowest BCUT2D eigenvalue weighted by molar-refractivity contribution is 0.475. The van der Waals surface area contributed by atoms with Crippen LogP contribution in [0.5, 0.6) is 5.75 Å². The summed E-state index contributed by atoms with van der Waals surface area (Å²) in [7, 11) is 0. The predicted molar refractivity (Wildman–Crippen MR) is 88.8 cm³/mol. The largest absolute Gasteiger partial charge is 0.503 e. The minimum absolute atomic E-state index is 0.140. The van der Waals surface area contributed by atoms with Crippen molar-refractivity contribution in [3.05, 3.63) is 64.8 Å². The summed E-state index contributed by atoms with van der Waals surface area (Å²) in [6, 6.07) is 9.06. The summed E-state index contributed by atoms with van der Waals surface area (Å²) in [5.41, 5.74) is 1.43. The van der Waals surface area contributed by atoms with Gasteiger partial charge in [0.25, 0.3) is 0 Å². The summed E-state index contributed by atoms with van der Waals surface area (Å²) in [6.07, 6.45) is 3.19. The fraction of sp³-hybridized carbons (Fsp3) is 0. The number of nitrogens with one attached hydrogen (secondary N) is 1. The van der Waals surface area contributed by atoms with Gasteiger partial charge in [0, 0.05) is 28.7 Å². The highest BCUT2D eigenvalue weighted by molar-refractivity contribution is 6.31. The molecule has 4 nitrogen and oxygen atoms in total. The Bertz CT molecular complexity index is 859. The van der Waals surface area contributed by atoms with E-state index in [4.69, 9.17) is 23.2 Å². The van der Waals surface area contributed by atoms with E-state index >= 15 is 0 Å². The highest BCUT2D eigenvalue weighted by atomic mass is 35.5. The molecule has 7 heteroatoms. The molecule has 0 atom stereocenters. The molecule has 0 radical (unpaired) electrons. The number of hydrogen-bond acceptors (Lipinski definition) is 4.